The predicted molar refractivity (Wildman–Crippen MR) is 84.7 cm³/mol. The van der Waals surface area contributed by atoms with Crippen molar-refractivity contribution in [1.82, 2.24) is 9.80 Å². The Balaban J connectivity index is 1.65. The Hall–Kier alpha value is -1.06. The molecule has 0 radical (unpaired) electrons. The molecule has 2 heterocycles. The maximum atomic E-state index is 6.49. The minimum Gasteiger partial charge on any atom is -0.487 e. The van der Waals surface area contributed by atoms with Gasteiger partial charge in [0.25, 0.3) is 0 Å². The first-order valence-electron chi connectivity index (χ1n) is 8.46. The molecule has 0 amide bonds. The molecule has 1 aromatic carbocycles. The highest BCUT2D eigenvalue weighted by Gasteiger charge is 2.44. The van der Waals surface area contributed by atoms with Crippen molar-refractivity contribution >= 4 is 0 Å². The summed E-state index contributed by atoms with van der Waals surface area (Å²) in [6, 6.07) is 9.30. The van der Waals surface area contributed by atoms with Crippen molar-refractivity contribution in [3.05, 3.63) is 29.8 Å². The molecule has 4 rings (SSSR count). The van der Waals surface area contributed by atoms with E-state index in [1.807, 2.05) is 0 Å². The molecule has 0 bridgehead atoms. The second-order valence-corrected chi connectivity index (χ2v) is 7.09. The van der Waals surface area contributed by atoms with Crippen LogP contribution in [0.4, 0.5) is 0 Å². The van der Waals surface area contributed by atoms with Gasteiger partial charge in [-0.05, 0) is 38.8 Å². The molecule has 1 atom stereocenters. The van der Waals surface area contributed by atoms with E-state index in [0.29, 0.717) is 6.04 Å². The lowest BCUT2D eigenvalue weighted by Crippen LogP contribution is -2.50. The molecule has 3 heteroatoms. The summed E-state index contributed by atoms with van der Waals surface area (Å²) in [6.07, 6.45) is 6.33. The number of rotatable bonds is 1. The van der Waals surface area contributed by atoms with E-state index in [2.05, 4.69) is 41.1 Å². The molecule has 2 fully saturated rings. The van der Waals surface area contributed by atoms with Crippen molar-refractivity contribution in [2.45, 2.75) is 43.7 Å². The second-order valence-electron chi connectivity index (χ2n) is 7.09. The van der Waals surface area contributed by atoms with Gasteiger partial charge in [-0.15, -0.1) is 0 Å². The van der Waals surface area contributed by atoms with Crippen LogP contribution in [0, 0.1) is 0 Å². The van der Waals surface area contributed by atoms with Crippen LogP contribution in [0.3, 0.4) is 0 Å². The van der Waals surface area contributed by atoms with Crippen LogP contribution in [-0.4, -0.2) is 48.6 Å². The van der Waals surface area contributed by atoms with E-state index in [-0.39, 0.29) is 5.60 Å². The zero-order valence-electron chi connectivity index (χ0n) is 13.1. The molecule has 114 valence electrons. The van der Waals surface area contributed by atoms with Crippen LogP contribution in [0.1, 0.15) is 43.7 Å². The van der Waals surface area contributed by atoms with E-state index in [9.17, 15) is 0 Å². The summed E-state index contributed by atoms with van der Waals surface area (Å²) in [4.78, 5) is 5.13. The summed E-state index contributed by atoms with van der Waals surface area (Å²) in [5.74, 6) is 1.15. The fourth-order valence-corrected chi connectivity index (χ4v) is 4.37. The van der Waals surface area contributed by atoms with Gasteiger partial charge < -0.3 is 9.64 Å². The minimum atomic E-state index is 0.127. The third-order valence-electron chi connectivity index (χ3n) is 5.66. The number of hydrogen-bond acceptors (Lipinski definition) is 3. The van der Waals surface area contributed by atoms with E-state index in [0.717, 1.165) is 5.75 Å². The normalized spacial score (nSPS) is 29.3. The molecule has 1 spiro atoms. The van der Waals surface area contributed by atoms with E-state index in [1.165, 1.54) is 63.8 Å². The Labute approximate surface area is 127 Å². The summed E-state index contributed by atoms with van der Waals surface area (Å²) in [6.45, 7) is 4.75. The van der Waals surface area contributed by atoms with Crippen LogP contribution in [0.5, 0.6) is 5.75 Å². The van der Waals surface area contributed by atoms with Crippen LogP contribution in [0.2, 0.25) is 0 Å². The quantitative estimate of drug-likeness (QED) is 0.789. The lowest BCUT2D eigenvalue weighted by molar-refractivity contribution is -0.00394. The predicted octanol–water partition coefficient (Wildman–Crippen LogP) is 3.07. The van der Waals surface area contributed by atoms with E-state index >= 15 is 0 Å². The van der Waals surface area contributed by atoms with Crippen molar-refractivity contribution in [2.24, 2.45) is 0 Å². The molecule has 0 N–H and O–H groups in total. The van der Waals surface area contributed by atoms with Gasteiger partial charge in [-0.25, -0.2) is 0 Å². The van der Waals surface area contributed by atoms with Gasteiger partial charge in [0.05, 0.1) is 0 Å². The summed E-state index contributed by atoms with van der Waals surface area (Å²) < 4.78 is 6.49. The molecule has 1 aromatic rings. The van der Waals surface area contributed by atoms with Gasteiger partial charge in [-0.1, -0.05) is 18.2 Å². The summed E-state index contributed by atoms with van der Waals surface area (Å²) in [5.41, 5.74) is 1.54. The lowest BCUT2D eigenvalue weighted by atomic mass is 9.85. The minimum absolute atomic E-state index is 0.127. The Bertz CT molecular complexity index is 502. The zero-order chi connectivity index (χ0) is 14.3. The highest BCUT2D eigenvalue weighted by Crippen LogP contribution is 2.49. The molecule has 2 aliphatic heterocycles. The molecule has 3 nitrogen and oxygen atoms in total. The Morgan fingerprint density at radius 2 is 1.76 bits per heavy atom. The van der Waals surface area contributed by atoms with Crippen LogP contribution >= 0.6 is 0 Å². The molecule has 1 saturated carbocycles. The monoisotopic (exact) mass is 286 g/mol. The van der Waals surface area contributed by atoms with Crippen molar-refractivity contribution < 1.29 is 4.74 Å². The average Bonchev–Trinajstić information content (AvgIpc) is 2.95. The van der Waals surface area contributed by atoms with Crippen LogP contribution in [0.15, 0.2) is 24.3 Å². The van der Waals surface area contributed by atoms with Gasteiger partial charge in [-0.3, -0.25) is 4.90 Å². The number of hydrogen-bond donors (Lipinski definition) is 0. The lowest BCUT2D eigenvalue weighted by Gasteiger charge is -2.46. The maximum absolute atomic E-state index is 6.49. The highest BCUT2D eigenvalue weighted by atomic mass is 16.5. The van der Waals surface area contributed by atoms with Crippen molar-refractivity contribution in [1.29, 1.82) is 0 Å². The van der Waals surface area contributed by atoms with Gasteiger partial charge in [0, 0.05) is 44.2 Å². The van der Waals surface area contributed by atoms with Gasteiger partial charge in [-0.2, -0.15) is 0 Å². The van der Waals surface area contributed by atoms with E-state index < -0.39 is 0 Å². The van der Waals surface area contributed by atoms with Crippen LogP contribution < -0.4 is 4.74 Å². The number of benzene rings is 1. The zero-order valence-corrected chi connectivity index (χ0v) is 13.1. The van der Waals surface area contributed by atoms with Gasteiger partial charge in [0.15, 0.2) is 0 Å². The summed E-state index contributed by atoms with van der Waals surface area (Å²) in [5, 5.41) is 0. The molecule has 1 saturated heterocycles. The molecule has 0 aromatic heterocycles. The summed E-state index contributed by atoms with van der Waals surface area (Å²) >= 11 is 0. The number of ether oxygens (including phenoxy) is 1. The number of fused-ring (bicyclic) bond motifs is 1. The largest absolute Gasteiger partial charge is 0.487 e. The smallest absolute Gasteiger partial charge is 0.124 e. The maximum Gasteiger partial charge on any atom is 0.124 e. The average molecular weight is 286 g/mol. The molecule has 1 aliphatic carbocycles. The first-order valence-corrected chi connectivity index (χ1v) is 8.46. The molecular weight excluding hydrogens is 260 g/mol. The third-order valence-corrected chi connectivity index (χ3v) is 5.66. The van der Waals surface area contributed by atoms with Crippen LogP contribution in [-0.2, 0) is 0 Å². The fraction of sp³-hybridized carbons (Fsp3) is 0.667. The molecule has 1 unspecified atom stereocenters. The van der Waals surface area contributed by atoms with E-state index in [1.54, 1.807) is 0 Å². The second kappa shape index (κ2) is 5.29. The number of likely N-dealkylation sites (N-methyl/N-ethyl adjacent to an activating group) is 1. The SMILES string of the molecule is CN1CCN(C2CC3(CCCC3)Oc3ccccc32)CC1. The molecule has 3 aliphatic rings. The first-order chi connectivity index (χ1) is 10.3. The summed E-state index contributed by atoms with van der Waals surface area (Å²) in [7, 11) is 2.23. The van der Waals surface area contributed by atoms with Gasteiger partial charge in [0.2, 0.25) is 0 Å². The molecular formula is C18H26N2O. The van der Waals surface area contributed by atoms with Crippen molar-refractivity contribution in [2.75, 3.05) is 33.2 Å². The third kappa shape index (κ3) is 2.47. The highest BCUT2D eigenvalue weighted by molar-refractivity contribution is 5.39. The first kappa shape index (κ1) is 13.6. The van der Waals surface area contributed by atoms with Gasteiger partial charge >= 0.3 is 0 Å². The number of para-hydroxylation sites is 1. The Kier molecular flexibility index (Phi) is 3.43. The van der Waals surface area contributed by atoms with Crippen LogP contribution in [0.25, 0.3) is 0 Å². The standard InChI is InChI=1S/C18H26N2O/c1-19-10-12-20(13-11-19)16-14-18(8-4-5-9-18)21-17-7-3-2-6-15(16)17/h2-3,6-7,16H,4-5,8-14H2,1H3. The van der Waals surface area contributed by atoms with E-state index in [4.69, 9.17) is 4.74 Å². The van der Waals surface area contributed by atoms with Crippen molar-refractivity contribution in [3.63, 3.8) is 0 Å². The van der Waals surface area contributed by atoms with Crippen molar-refractivity contribution in [3.8, 4) is 5.75 Å². The van der Waals surface area contributed by atoms with Gasteiger partial charge in [0.1, 0.15) is 11.4 Å². The topological polar surface area (TPSA) is 15.7 Å². The fourth-order valence-electron chi connectivity index (χ4n) is 4.37. The molecule has 21 heavy (non-hydrogen) atoms. The number of nitrogens with zero attached hydrogens (tertiary/aromatic N) is 2. The number of piperazine rings is 1. The Morgan fingerprint density at radius 1 is 1.05 bits per heavy atom. The Morgan fingerprint density at radius 3 is 2.52 bits per heavy atom.